The van der Waals surface area contributed by atoms with Crippen molar-refractivity contribution in [2.24, 2.45) is 5.73 Å². The van der Waals surface area contributed by atoms with Crippen molar-refractivity contribution in [2.75, 3.05) is 19.6 Å². The van der Waals surface area contributed by atoms with Gasteiger partial charge in [0.15, 0.2) is 0 Å². The highest BCUT2D eigenvalue weighted by atomic mass is 35.5. The average molecular weight is 331 g/mol. The first-order chi connectivity index (χ1) is 9.95. The summed E-state index contributed by atoms with van der Waals surface area (Å²) in [5.74, 6) is -0.678. The van der Waals surface area contributed by atoms with Crippen LogP contribution in [0.5, 0.6) is 0 Å². The minimum atomic E-state index is -0.340. The van der Waals surface area contributed by atoms with Gasteiger partial charge in [0, 0.05) is 19.1 Å². The van der Waals surface area contributed by atoms with E-state index in [1.54, 1.807) is 6.07 Å². The van der Waals surface area contributed by atoms with Gasteiger partial charge in [0.2, 0.25) is 5.91 Å². The second kappa shape index (κ2) is 7.06. The summed E-state index contributed by atoms with van der Waals surface area (Å²) < 4.78 is 0. The molecule has 0 aliphatic carbocycles. The molecular weight excluding hydrogens is 315 g/mol. The minimum Gasteiger partial charge on any atom is -0.369 e. The van der Waals surface area contributed by atoms with Gasteiger partial charge >= 0.3 is 0 Å². The van der Waals surface area contributed by atoms with E-state index >= 15 is 0 Å². The highest BCUT2D eigenvalue weighted by Gasteiger charge is 2.23. The lowest BCUT2D eigenvalue weighted by molar-refractivity contribution is -0.119. The molecule has 1 fully saturated rings. The van der Waals surface area contributed by atoms with Gasteiger partial charge in [0.1, 0.15) is 10.8 Å². The van der Waals surface area contributed by atoms with Gasteiger partial charge in [-0.3, -0.25) is 14.5 Å². The second-order valence-electron chi connectivity index (χ2n) is 4.95. The normalized spacial score (nSPS) is 16.7. The first-order valence-electron chi connectivity index (χ1n) is 6.59. The molecule has 0 bridgehead atoms. The third-order valence-electron chi connectivity index (χ3n) is 3.33. The lowest BCUT2D eigenvalue weighted by Crippen LogP contribution is -2.46. The Labute approximate surface area is 132 Å². The zero-order chi connectivity index (χ0) is 15.4. The number of pyridine rings is 1. The topological polar surface area (TPSA) is 88.3 Å². The van der Waals surface area contributed by atoms with E-state index in [0.717, 1.165) is 12.8 Å². The molecule has 0 aromatic carbocycles. The minimum absolute atomic E-state index is 0.0264. The third-order valence-corrected chi connectivity index (χ3v) is 3.84. The highest BCUT2D eigenvalue weighted by Crippen LogP contribution is 2.18. The molecule has 21 heavy (non-hydrogen) atoms. The largest absolute Gasteiger partial charge is 0.369 e. The monoisotopic (exact) mass is 330 g/mol. The molecule has 1 aromatic rings. The first kappa shape index (κ1) is 16.0. The summed E-state index contributed by atoms with van der Waals surface area (Å²) in [6, 6.07) is 3.10. The molecule has 8 heteroatoms. The van der Waals surface area contributed by atoms with E-state index in [9.17, 15) is 9.59 Å². The predicted octanol–water partition coefficient (Wildman–Crippen LogP) is 1.07. The van der Waals surface area contributed by atoms with Crippen molar-refractivity contribution in [3.63, 3.8) is 0 Å². The molecule has 0 spiro atoms. The molecule has 3 N–H and O–H groups in total. The van der Waals surface area contributed by atoms with Crippen molar-refractivity contribution in [3.8, 4) is 0 Å². The van der Waals surface area contributed by atoms with Crippen LogP contribution in [-0.2, 0) is 4.79 Å². The maximum Gasteiger partial charge on any atom is 0.271 e. The number of nitrogens with one attached hydrogen (secondary N) is 1. The summed E-state index contributed by atoms with van der Waals surface area (Å²) in [5.41, 5.74) is 5.29. The zero-order valence-corrected chi connectivity index (χ0v) is 12.8. The lowest BCUT2D eigenvalue weighted by atomic mass is 10.0. The van der Waals surface area contributed by atoms with Crippen LogP contribution in [0.25, 0.3) is 0 Å². The van der Waals surface area contributed by atoms with Crippen LogP contribution in [0.1, 0.15) is 23.3 Å². The Kier molecular flexibility index (Phi) is 5.39. The number of piperidine rings is 1. The molecule has 2 heterocycles. The van der Waals surface area contributed by atoms with Crippen LogP contribution in [-0.4, -0.2) is 47.4 Å². The Morgan fingerprint density at radius 3 is 2.62 bits per heavy atom. The summed E-state index contributed by atoms with van der Waals surface area (Å²) in [4.78, 5) is 28.9. The van der Waals surface area contributed by atoms with Crippen LogP contribution >= 0.6 is 23.2 Å². The fourth-order valence-corrected chi connectivity index (χ4v) is 2.63. The van der Waals surface area contributed by atoms with E-state index in [1.165, 1.54) is 6.07 Å². The van der Waals surface area contributed by atoms with Gasteiger partial charge in [0.25, 0.3) is 5.91 Å². The van der Waals surface area contributed by atoms with Gasteiger partial charge in [0.05, 0.1) is 11.6 Å². The molecule has 1 saturated heterocycles. The van der Waals surface area contributed by atoms with Crippen molar-refractivity contribution >= 4 is 35.0 Å². The molecule has 1 aromatic heterocycles. The number of nitrogens with two attached hydrogens (primary N) is 1. The molecule has 6 nitrogen and oxygen atoms in total. The van der Waals surface area contributed by atoms with E-state index in [2.05, 4.69) is 10.3 Å². The summed E-state index contributed by atoms with van der Waals surface area (Å²) in [6.45, 7) is 1.68. The van der Waals surface area contributed by atoms with Gasteiger partial charge in [-0.2, -0.15) is 0 Å². The van der Waals surface area contributed by atoms with Gasteiger partial charge in [-0.15, -0.1) is 0 Å². The molecule has 0 saturated carbocycles. The van der Waals surface area contributed by atoms with Crippen LogP contribution in [0.15, 0.2) is 12.1 Å². The Bertz CT molecular complexity index is 545. The molecule has 2 rings (SSSR count). The number of carbonyl (C=O) groups excluding carboxylic acids is 2. The third kappa shape index (κ3) is 4.56. The van der Waals surface area contributed by atoms with Crippen molar-refractivity contribution < 1.29 is 9.59 Å². The SMILES string of the molecule is NC(=O)CN1CCC(NC(=O)c2nc(Cl)ccc2Cl)CC1. The first-order valence-corrected chi connectivity index (χ1v) is 7.35. The van der Waals surface area contributed by atoms with Crippen molar-refractivity contribution in [3.05, 3.63) is 28.0 Å². The van der Waals surface area contributed by atoms with Crippen LogP contribution < -0.4 is 11.1 Å². The molecule has 0 radical (unpaired) electrons. The van der Waals surface area contributed by atoms with Crippen LogP contribution in [0.3, 0.4) is 0 Å². The standard InChI is InChI=1S/C13H16Cl2N4O2/c14-9-1-2-10(15)18-12(9)13(21)17-8-3-5-19(6-4-8)7-11(16)20/h1-2,8H,3-7H2,(H2,16,20)(H,17,21). The van der Waals surface area contributed by atoms with Gasteiger partial charge in [-0.05, 0) is 25.0 Å². The number of hydrogen-bond donors (Lipinski definition) is 2. The Morgan fingerprint density at radius 1 is 1.33 bits per heavy atom. The molecule has 114 valence electrons. The van der Waals surface area contributed by atoms with Crippen molar-refractivity contribution in [2.45, 2.75) is 18.9 Å². The van der Waals surface area contributed by atoms with E-state index in [-0.39, 0.29) is 40.3 Å². The summed E-state index contributed by atoms with van der Waals surface area (Å²) in [7, 11) is 0. The molecule has 1 aliphatic heterocycles. The molecule has 0 atom stereocenters. The van der Waals surface area contributed by atoms with E-state index in [4.69, 9.17) is 28.9 Å². The van der Waals surface area contributed by atoms with Gasteiger partial charge in [-0.1, -0.05) is 23.2 Å². The van der Waals surface area contributed by atoms with Crippen LogP contribution in [0, 0.1) is 0 Å². The Hall–Kier alpha value is -1.37. The number of amides is 2. The number of primary amides is 1. The quantitative estimate of drug-likeness (QED) is 0.808. The number of aromatic nitrogens is 1. The zero-order valence-electron chi connectivity index (χ0n) is 11.3. The molecule has 2 amide bonds. The maximum atomic E-state index is 12.1. The van der Waals surface area contributed by atoms with Crippen molar-refractivity contribution in [1.82, 2.24) is 15.2 Å². The number of halogens is 2. The van der Waals surface area contributed by atoms with Gasteiger partial charge in [-0.25, -0.2) is 4.98 Å². The summed E-state index contributed by atoms with van der Waals surface area (Å²) in [6.07, 6.45) is 1.49. The van der Waals surface area contributed by atoms with Crippen LogP contribution in [0.2, 0.25) is 10.2 Å². The number of likely N-dealkylation sites (tertiary alicyclic amines) is 1. The molecular formula is C13H16Cl2N4O2. The number of rotatable bonds is 4. The number of hydrogen-bond acceptors (Lipinski definition) is 4. The van der Waals surface area contributed by atoms with Gasteiger partial charge < -0.3 is 11.1 Å². The summed E-state index contributed by atoms with van der Waals surface area (Å²) >= 11 is 11.7. The van der Waals surface area contributed by atoms with E-state index in [1.807, 2.05) is 4.90 Å². The van der Waals surface area contributed by atoms with E-state index in [0.29, 0.717) is 13.1 Å². The lowest BCUT2D eigenvalue weighted by Gasteiger charge is -2.31. The summed E-state index contributed by atoms with van der Waals surface area (Å²) in [5, 5.41) is 3.38. The second-order valence-corrected chi connectivity index (χ2v) is 5.75. The fourth-order valence-electron chi connectivity index (χ4n) is 2.29. The Balaban J connectivity index is 1.90. The highest BCUT2D eigenvalue weighted by molar-refractivity contribution is 6.34. The average Bonchev–Trinajstić information content (AvgIpc) is 2.43. The molecule has 1 aliphatic rings. The smallest absolute Gasteiger partial charge is 0.271 e. The van der Waals surface area contributed by atoms with E-state index < -0.39 is 0 Å². The van der Waals surface area contributed by atoms with Crippen LogP contribution in [0.4, 0.5) is 0 Å². The Morgan fingerprint density at radius 2 is 2.00 bits per heavy atom. The number of carbonyl (C=O) groups is 2. The number of nitrogens with zero attached hydrogens (tertiary/aromatic N) is 2. The maximum absolute atomic E-state index is 12.1. The van der Waals surface area contributed by atoms with Crippen molar-refractivity contribution in [1.29, 1.82) is 0 Å². The fraction of sp³-hybridized carbons (Fsp3) is 0.462. The predicted molar refractivity (Wildman–Crippen MR) is 80.4 cm³/mol. The molecule has 0 unspecified atom stereocenters.